The van der Waals surface area contributed by atoms with Gasteiger partial charge in [-0.25, -0.2) is 0 Å². The van der Waals surface area contributed by atoms with Crippen LogP contribution in [0.4, 0.5) is 0 Å². The molecule has 0 unspecified atom stereocenters. The first-order valence-electron chi connectivity index (χ1n) is 6.09. The van der Waals surface area contributed by atoms with E-state index in [9.17, 15) is 9.59 Å². The number of carbonyl (C=O) groups excluding carboxylic acids is 2. The van der Waals surface area contributed by atoms with Gasteiger partial charge in [-0.2, -0.15) is 0 Å². The first kappa shape index (κ1) is 18.7. The molecule has 0 aliphatic heterocycles. The fourth-order valence-electron chi connectivity index (χ4n) is 1.48. The van der Waals surface area contributed by atoms with Crippen LogP contribution in [0, 0.1) is 0 Å². The second kappa shape index (κ2) is 10.5. The zero-order valence-electron chi connectivity index (χ0n) is 11.0. The fraction of sp³-hybridized carbons (Fsp3) is 0.385. The minimum atomic E-state index is -0.337. The van der Waals surface area contributed by atoms with Crippen molar-refractivity contribution in [3.63, 3.8) is 0 Å². The molecule has 1 aromatic rings. The van der Waals surface area contributed by atoms with Crippen LogP contribution in [0.3, 0.4) is 0 Å². The Morgan fingerprint density at radius 1 is 1.10 bits per heavy atom. The number of halogens is 2. The number of carbonyl (C=O) groups is 2. The van der Waals surface area contributed by atoms with Crippen molar-refractivity contribution < 1.29 is 9.59 Å². The molecule has 0 saturated heterocycles. The predicted octanol–water partition coefficient (Wildman–Crippen LogP) is 0.885. The topological polar surface area (TPSA) is 84.2 Å². The standard InChI is InChI=1S/C13H18ClN3O2.ClH/c14-11-5-3-10(4-6-11)2-1-7-16-13(19)9-17-12(18)8-15;/h3-6H,1-2,7-9,15H2,(H,16,19)(H,17,18);1H. The molecule has 0 atom stereocenters. The minimum absolute atomic E-state index is 0. The molecular formula is C13H19Cl2N3O2. The molecule has 2 amide bonds. The van der Waals surface area contributed by atoms with Gasteiger partial charge in [-0.15, -0.1) is 12.4 Å². The summed E-state index contributed by atoms with van der Waals surface area (Å²) in [5.74, 6) is -0.547. The molecule has 1 aromatic carbocycles. The Labute approximate surface area is 129 Å². The molecule has 5 nitrogen and oxygen atoms in total. The minimum Gasteiger partial charge on any atom is -0.355 e. The molecule has 0 aliphatic rings. The first-order valence-corrected chi connectivity index (χ1v) is 6.47. The molecule has 0 spiro atoms. The highest BCUT2D eigenvalue weighted by atomic mass is 35.5. The van der Waals surface area contributed by atoms with Crippen molar-refractivity contribution in [2.75, 3.05) is 19.6 Å². The molecule has 0 bridgehead atoms. The zero-order chi connectivity index (χ0) is 14.1. The lowest BCUT2D eigenvalue weighted by Gasteiger charge is -2.06. The summed E-state index contributed by atoms with van der Waals surface area (Å²) in [6.07, 6.45) is 1.70. The largest absolute Gasteiger partial charge is 0.355 e. The molecule has 4 N–H and O–H groups in total. The molecule has 0 aliphatic carbocycles. The highest BCUT2D eigenvalue weighted by molar-refractivity contribution is 6.30. The van der Waals surface area contributed by atoms with Crippen molar-refractivity contribution in [3.05, 3.63) is 34.9 Å². The van der Waals surface area contributed by atoms with Crippen LogP contribution in [-0.2, 0) is 16.0 Å². The van der Waals surface area contributed by atoms with Crippen molar-refractivity contribution in [1.29, 1.82) is 0 Å². The fourth-order valence-corrected chi connectivity index (χ4v) is 1.61. The van der Waals surface area contributed by atoms with Gasteiger partial charge in [-0.3, -0.25) is 9.59 Å². The number of nitrogens with one attached hydrogen (secondary N) is 2. The van der Waals surface area contributed by atoms with Crippen LogP contribution in [-0.4, -0.2) is 31.4 Å². The number of aryl methyl sites for hydroxylation is 1. The smallest absolute Gasteiger partial charge is 0.239 e. The van der Waals surface area contributed by atoms with Crippen molar-refractivity contribution in [2.45, 2.75) is 12.8 Å². The van der Waals surface area contributed by atoms with Gasteiger partial charge >= 0.3 is 0 Å². The van der Waals surface area contributed by atoms with Gasteiger partial charge in [0.25, 0.3) is 0 Å². The SMILES string of the molecule is Cl.NCC(=O)NCC(=O)NCCCc1ccc(Cl)cc1. The first-order chi connectivity index (χ1) is 9.11. The summed E-state index contributed by atoms with van der Waals surface area (Å²) in [7, 11) is 0. The summed E-state index contributed by atoms with van der Waals surface area (Å²) in [4.78, 5) is 22.2. The maximum atomic E-state index is 11.3. The molecule has 0 radical (unpaired) electrons. The third-order valence-corrected chi connectivity index (χ3v) is 2.76. The summed E-state index contributed by atoms with van der Waals surface area (Å²) >= 11 is 5.79. The lowest BCUT2D eigenvalue weighted by atomic mass is 10.1. The Balaban J connectivity index is 0.00000361. The van der Waals surface area contributed by atoms with Crippen molar-refractivity contribution in [2.24, 2.45) is 5.73 Å². The summed E-state index contributed by atoms with van der Waals surface area (Å²) in [6.45, 7) is 0.431. The van der Waals surface area contributed by atoms with E-state index in [4.69, 9.17) is 17.3 Å². The number of amides is 2. The van der Waals surface area contributed by atoms with Gasteiger partial charge in [-0.1, -0.05) is 23.7 Å². The maximum absolute atomic E-state index is 11.3. The summed E-state index contributed by atoms with van der Waals surface area (Å²) in [5, 5.41) is 5.84. The molecule has 7 heteroatoms. The van der Waals surface area contributed by atoms with Gasteiger partial charge in [0, 0.05) is 11.6 Å². The van der Waals surface area contributed by atoms with Gasteiger partial charge < -0.3 is 16.4 Å². The summed E-state index contributed by atoms with van der Waals surface area (Å²) in [6, 6.07) is 7.62. The Morgan fingerprint density at radius 3 is 2.35 bits per heavy atom. The zero-order valence-corrected chi connectivity index (χ0v) is 12.6. The Morgan fingerprint density at radius 2 is 1.75 bits per heavy atom. The Kier molecular flexibility index (Phi) is 9.80. The molecule has 0 aromatic heterocycles. The lowest BCUT2D eigenvalue weighted by molar-refractivity contribution is -0.125. The van der Waals surface area contributed by atoms with Crippen LogP contribution in [0.15, 0.2) is 24.3 Å². The highest BCUT2D eigenvalue weighted by Crippen LogP contribution is 2.10. The second-order valence-corrected chi connectivity index (χ2v) is 4.50. The van der Waals surface area contributed by atoms with E-state index in [-0.39, 0.29) is 37.3 Å². The summed E-state index contributed by atoms with van der Waals surface area (Å²) in [5.41, 5.74) is 6.28. The molecule has 0 fully saturated rings. The van der Waals surface area contributed by atoms with Crippen molar-refractivity contribution in [1.82, 2.24) is 10.6 Å². The van der Waals surface area contributed by atoms with E-state index in [2.05, 4.69) is 10.6 Å². The van der Waals surface area contributed by atoms with Crippen LogP contribution in [0.2, 0.25) is 5.02 Å². The van der Waals surface area contributed by atoms with E-state index in [0.717, 1.165) is 12.8 Å². The molecule has 1 rings (SSSR count). The second-order valence-electron chi connectivity index (χ2n) is 4.06. The molecular weight excluding hydrogens is 301 g/mol. The van der Waals surface area contributed by atoms with Gasteiger partial charge in [0.1, 0.15) is 0 Å². The molecule has 0 heterocycles. The average molecular weight is 320 g/mol. The van der Waals surface area contributed by atoms with Crippen LogP contribution < -0.4 is 16.4 Å². The quantitative estimate of drug-likeness (QED) is 0.652. The van der Waals surface area contributed by atoms with E-state index in [1.54, 1.807) is 0 Å². The Bertz CT molecular complexity index is 424. The van der Waals surface area contributed by atoms with E-state index in [0.29, 0.717) is 11.6 Å². The average Bonchev–Trinajstić information content (AvgIpc) is 2.42. The van der Waals surface area contributed by atoms with Gasteiger partial charge in [0.15, 0.2) is 0 Å². The molecule has 0 saturated carbocycles. The Hall–Kier alpha value is -1.30. The van der Waals surface area contributed by atoms with E-state index in [1.807, 2.05) is 24.3 Å². The van der Waals surface area contributed by atoms with Crippen LogP contribution in [0.5, 0.6) is 0 Å². The maximum Gasteiger partial charge on any atom is 0.239 e. The number of hydrogen-bond donors (Lipinski definition) is 3. The number of hydrogen-bond acceptors (Lipinski definition) is 3. The monoisotopic (exact) mass is 319 g/mol. The van der Waals surface area contributed by atoms with Crippen molar-refractivity contribution >= 4 is 35.8 Å². The third kappa shape index (κ3) is 7.99. The molecule has 112 valence electrons. The van der Waals surface area contributed by atoms with Gasteiger partial charge in [-0.05, 0) is 30.5 Å². The van der Waals surface area contributed by atoms with Crippen LogP contribution in [0.25, 0.3) is 0 Å². The van der Waals surface area contributed by atoms with Crippen molar-refractivity contribution in [3.8, 4) is 0 Å². The predicted molar refractivity (Wildman–Crippen MR) is 82.1 cm³/mol. The van der Waals surface area contributed by atoms with Gasteiger partial charge in [0.2, 0.25) is 11.8 Å². The van der Waals surface area contributed by atoms with Gasteiger partial charge in [0.05, 0.1) is 13.1 Å². The third-order valence-electron chi connectivity index (χ3n) is 2.51. The van der Waals surface area contributed by atoms with E-state index >= 15 is 0 Å². The normalized spacial score (nSPS) is 9.50. The number of rotatable bonds is 7. The van der Waals surface area contributed by atoms with Crippen LogP contribution >= 0.6 is 24.0 Å². The highest BCUT2D eigenvalue weighted by Gasteiger charge is 2.02. The van der Waals surface area contributed by atoms with E-state index in [1.165, 1.54) is 5.56 Å². The summed E-state index contributed by atoms with van der Waals surface area (Å²) < 4.78 is 0. The number of benzene rings is 1. The molecule has 20 heavy (non-hydrogen) atoms. The number of nitrogens with two attached hydrogens (primary N) is 1. The van der Waals surface area contributed by atoms with Crippen LogP contribution in [0.1, 0.15) is 12.0 Å². The lowest BCUT2D eigenvalue weighted by Crippen LogP contribution is -2.39. The van der Waals surface area contributed by atoms with E-state index < -0.39 is 0 Å².